The van der Waals surface area contributed by atoms with Crippen molar-refractivity contribution in [1.29, 1.82) is 5.26 Å². The molecule has 1 heterocycles. The van der Waals surface area contributed by atoms with Crippen molar-refractivity contribution in [2.45, 2.75) is 25.0 Å². The number of hydrogen-bond donors (Lipinski definition) is 1. The second-order valence-corrected chi connectivity index (χ2v) is 5.92. The molecule has 0 spiro atoms. The summed E-state index contributed by atoms with van der Waals surface area (Å²) in [6.07, 6.45) is 1.16. The summed E-state index contributed by atoms with van der Waals surface area (Å²) in [6.45, 7) is 1.96. The molecule has 2 aromatic carbocycles. The average Bonchev–Trinajstić information content (AvgIpc) is 2.95. The van der Waals surface area contributed by atoms with Gasteiger partial charge < -0.3 is 5.32 Å². The molecule has 112 valence electrons. The molecule has 0 saturated carbocycles. The van der Waals surface area contributed by atoms with Gasteiger partial charge in [-0.15, -0.1) is 0 Å². The van der Waals surface area contributed by atoms with E-state index in [4.69, 9.17) is 5.26 Å². The molecule has 2 atom stereocenters. The smallest absolute Gasteiger partial charge is 0.0991 e. The van der Waals surface area contributed by atoms with Gasteiger partial charge in [0.1, 0.15) is 0 Å². The van der Waals surface area contributed by atoms with E-state index in [0.29, 0.717) is 17.6 Å². The number of likely N-dealkylation sites (tertiary alicyclic amines) is 1. The van der Waals surface area contributed by atoms with Crippen LogP contribution in [0.25, 0.3) is 0 Å². The standard InChI is InChI=1S/C19H21N3/c1-22-12-11-18(19(22)17-5-3-2-4-6-17)21-14-16-9-7-15(13-20)8-10-16/h2-10,18-19,21H,11-12,14H2,1H3. The molecule has 0 aromatic heterocycles. The van der Waals surface area contributed by atoms with Crippen molar-refractivity contribution in [3.8, 4) is 6.07 Å². The molecule has 0 amide bonds. The molecule has 1 N–H and O–H groups in total. The van der Waals surface area contributed by atoms with E-state index < -0.39 is 0 Å². The molecule has 2 aromatic rings. The van der Waals surface area contributed by atoms with Crippen LogP contribution in [0, 0.1) is 11.3 Å². The third-order valence-electron chi connectivity index (χ3n) is 4.44. The number of nitrogens with zero attached hydrogens (tertiary/aromatic N) is 2. The number of benzene rings is 2. The zero-order chi connectivity index (χ0) is 15.4. The van der Waals surface area contributed by atoms with E-state index in [9.17, 15) is 0 Å². The Morgan fingerprint density at radius 2 is 1.86 bits per heavy atom. The molecule has 1 fully saturated rings. The van der Waals surface area contributed by atoms with Gasteiger partial charge in [-0.05, 0) is 36.7 Å². The van der Waals surface area contributed by atoms with Gasteiger partial charge in [0, 0.05) is 25.2 Å². The predicted molar refractivity (Wildman–Crippen MR) is 88.2 cm³/mol. The number of likely N-dealkylation sites (N-methyl/N-ethyl adjacent to an activating group) is 1. The van der Waals surface area contributed by atoms with Crippen molar-refractivity contribution in [2.75, 3.05) is 13.6 Å². The van der Waals surface area contributed by atoms with Crippen molar-refractivity contribution in [3.63, 3.8) is 0 Å². The molecule has 3 heteroatoms. The predicted octanol–water partition coefficient (Wildman–Crippen LogP) is 3.09. The van der Waals surface area contributed by atoms with Gasteiger partial charge in [-0.2, -0.15) is 5.26 Å². The second-order valence-electron chi connectivity index (χ2n) is 5.92. The normalized spacial score (nSPS) is 21.6. The zero-order valence-corrected chi connectivity index (χ0v) is 12.9. The van der Waals surface area contributed by atoms with E-state index in [2.05, 4.69) is 53.7 Å². The lowest BCUT2D eigenvalue weighted by atomic mass is 10.00. The minimum atomic E-state index is 0.430. The van der Waals surface area contributed by atoms with Crippen LogP contribution in [0.2, 0.25) is 0 Å². The Labute approximate surface area is 132 Å². The summed E-state index contributed by atoms with van der Waals surface area (Å²) in [7, 11) is 2.20. The maximum atomic E-state index is 8.85. The molecular formula is C19H21N3. The first-order valence-corrected chi connectivity index (χ1v) is 7.75. The first kappa shape index (κ1) is 14.8. The fourth-order valence-electron chi connectivity index (χ4n) is 3.24. The maximum Gasteiger partial charge on any atom is 0.0991 e. The Bertz CT molecular complexity index is 643. The molecule has 3 rings (SSSR count). The molecule has 0 bridgehead atoms. The highest BCUT2D eigenvalue weighted by atomic mass is 15.2. The van der Waals surface area contributed by atoms with Gasteiger partial charge in [0.25, 0.3) is 0 Å². The molecule has 2 unspecified atom stereocenters. The molecular weight excluding hydrogens is 270 g/mol. The van der Waals surface area contributed by atoms with Gasteiger partial charge in [0.15, 0.2) is 0 Å². The molecule has 3 nitrogen and oxygen atoms in total. The van der Waals surface area contributed by atoms with Gasteiger partial charge in [-0.25, -0.2) is 0 Å². The van der Waals surface area contributed by atoms with Crippen LogP contribution < -0.4 is 5.32 Å². The highest BCUT2D eigenvalue weighted by Gasteiger charge is 2.32. The maximum absolute atomic E-state index is 8.85. The van der Waals surface area contributed by atoms with Gasteiger partial charge in [-0.1, -0.05) is 42.5 Å². The molecule has 1 aliphatic rings. The van der Waals surface area contributed by atoms with Crippen molar-refractivity contribution in [3.05, 3.63) is 71.3 Å². The van der Waals surface area contributed by atoms with Crippen LogP contribution >= 0.6 is 0 Å². The quantitative estimate of drug-likeness (QED) is 0.941. The summed E-state index contributed by atoms with van der Waals surface area (Å²) in [5, 5.41) is 12.5. The lowest BCUT2D eigenvalue weighted by Crippen LogP contribution is -2.34. The largest absolute Gasteiger partial charge is 0.308 e. The third-order valence-corrected chi connectivity index (χ3v) is 4.44. The van der Waals surface area contributed by atoms with Crippen molar-refractivity contribution in [1.82, 2.24) is 10.2 Å². The first-order chi connectivity index (χ1) is 10.8. The Balaban J connectivity index is 1.67. The summed E-state index contributed by atoms with van der Waals surface area (Å²) < 4.78 is 0. The fourth-order valence-corrected chi connectivity index (χ4v) is 3.24. The van der Waals surface area contributed by atoms with Crippen LogP contribution in [0.5, 0.6) is 0 Å². The highest BCUT2D eigenvalue weighted by Crippen LogP contribution is 2.30. The second kappa shape index (κ2) is 6.74. The van der Waals surface area contributed by atoms with Gasteiger partial charge in [0.2, 0.25) is 0 Å². The van der Waals surface area contributed by atoms with Crippen LogP contribution in [0.1, 0.15) is 29.2 Å². The van der Waals surface area contributed by atoms with Crippen LogP contribution in [-0.2, 0) is 6.54 Å². The third kappa shape index (κ3) is 3.19. The topological polar surface area (TPSA) is 39.1 Å². The molecule has 0 radical (unpaired) electrons. The SMILES string of the molecule is CN1CCC(NCc2ccc(C#N)cc2)C1c1ccccc1. The van der Waals surface area contributed by atoms with Crippen molar-refractivity contribution < 1.29 is 0 Å². The number of nitrogens with one attached hydrogen (secondary N) is 1. The monoisotopic (exact) mass is 291 g/mol. The summed E-state index contributed by atoms with van der Waals surface area (Å²) in [5.41, 5.74) is 3.31. The Morgan fingerprint density at radius 1 is 1.14 bits per heavy atom. The summed E-state index contributed by atoms with van der Waals surface area (Å²) >= 11 is 0. The zero-order valence-electron chi connectivity index (χ0n) is 12.9. The van der Waals surface area contributed by atoms with E-state index in [-0.39, 0.29) is 0 Å². The summed E-state index contributed by atoms with van der Waals surface area (Å²) in [6, 6.07) is 21.6. The van der Waals surface area contributed by atoms with E-state index >= 15 is 0 Å². The lowest BCUT2D eigenvalue weighted by molar-refractivity contribution is 0.286. The summed E-state index contributed by atoms with van der Waals surface area (Å²) in [5.74, 6) is 0. The lowest BCUT2D eigenvalue weighted by Gasteiger charge is -2.26. The Hall–Kier alpha value is -2.15. The van der Waals surface area contributed by atoms with E-state index in [0.717, 1.165) is 19.5 Å². The molecule has 22 heavy (non-hydrogen) atoms. The van der Waals surface area contributed by atoms with Gasteiger partial charge in [-0.3, -0.25) is 4.90 Å². The summed E-state index contributed by atoms with van der Waals surface area (Å²) in [4.78, 5) is 2.42. The van der Waals surface area contributed by atoms with E-state index in [1.54, 1.807) is 0 Å². The van der Waals surface area contributed by atoms with Crippen LogP contribution in [0.4, 0.5) is 0 Å². The Morgan fingerprint density at radius 3 is 2.55 bits per heavy atom. The fraction of sp³-hybridized carbons (Fsp3) is 0.316. The van der Waals surface area contributed by atoms with E-state index in [1.165, 1.54) is 11.1 Å². The van der Waals surface area contributed by atoms with Crippen LogP contribution in [0.3, 0.4) is 0 Å². The number of hydrogen-bond acceptors (Lipinski definition) is 3. The van der Waals surface area contributed by atoms with Crippen LogP contribution in [0.15, 0.2) is 54.6 Å². The van der Waals surface area contributed by atoms with Crippen molar-refractivity contribution in [2.24, 2.45) is 0 Å². The first-order valence-electron chi connectivity index (χ1n) is 7.75. The highest BCUT2D eigenvalue weighted by molar-refractivity contribution is 5.31. The average molecular weight is 291 g/mol. The van der Waals surface area contributed by atoms with Crippen molar-refractivity contribution >= 4 is 0 Å². The van der Waals surface area contributed by atoms with Crippen LogP contribution in [-0.4, -0.2) is 24.5 Å². The molecule has 1 aliphatic heterocycles. The Kier molecular flexibility index (Phi) is 4.53. The van der Waals surface area contributed by atoms with Gasteiger partial charge >= 0.3 is 0 Å². The van der Waals surface area contributed by atoms with Gasteiger partial charge in [0.05, 0.1) is 11.6 Å². The minimum absolute atomic E-state index is 0.430. The van der Waals surface area contributed by atoms with E-state index in [1.807, 2.05) is 24.3 Å². The molecule has 1 saturated heterocycles. The number of rotatable bonds is 4. The molecule has 0 aliphatic carbocycles. The minimum Gasteiger partial charge on any atom is -0.308 e. The number of nitriles is 1.